The van der Waals surface area contributed by atoms with Crippen molar-refractivity contribution >= 4 is 40.2 Å². The predicted octanol–water partition coefficient (Wildman–Crippen LogP) is 6.73. The average Bonchev–Trinajstić information content (AvgIpc) is 2.92. The van der Waals surface area contributed by atoms with Crippen molar-refractivity contribution < 1.29 is 28.5 Å². The Bertz CT molecular complexity index is 1300. The standard InChI is InChI=1S/C29H33ClF2N2O4S/c1-38-19-6-7-23-20(16-19)27(21(30)18-33-23)24(35)8-9-29(17-26(36)37)10-13-34(14-11-29)12-3-15-39-25-5-2-4-22(31)28(25)32/h2,4-7,16,18,24,35H,3,8-15,17H2,1H3,(H,36,37)/t24-/m1/s1. The van der Waals surface area contributed by atoms with E-state index in [1.807, 2.05) is 6.07 Å². The van der Waals surface area contributed by atoms with E-state index in [9.17, 15) is 23.8 Å². The number of carbonyl (C=O) groups is 1. The number of aliphatic hydroxyl groups excluding tert-OH is 1. The maximum atomic E-state index is 13.9. The van der Waals surface area contributed by atoms with Crippen LogP contribution >= 0.6 is 23.4 Å². The second kappa shape index (κ2) is 13.3. The number of methoxy groups -OCH3 is 1. The monoisotopic (exact) mass is 578 g/mol. The smallest absolute Gasteiger partial charge is 0.303 e. The Morgan fingerprint density at radius 3 is 2.74 bits per heavy atom. The van der Waals surface area contributed by atoms with Gasteiger partial charge in [0, 0.05) is 22.0 Å². The molecule has 6 nitrogen and oxygen atoms in total. The Labute approximate surface area is 236 Å². The van der Waals surface area contributed by atoms with Crippen molar-refractivity contribution in [3.05, 3.63) is 64.8 Å². The van der Waals surface area contributed by atoms with Gasteiger partial charge in [-0.3, -0.25) is 9.78 Å². The fourth-order valence-electron chi connectivity index (χ4n) is 5.37. The summed E-state index contributed by atoms with van der Waals surface area (Å²) in [5, 5.41) is 21.9. The lowest BCUT2D eigenvalue weighted by Crippen LogP contribution is -2.41. The van der Waals surface area contributed by atoms with Crippen LogP contribution in [0.15, 0.2) is 47.5 Å². The molecule has 2 aromatic carbocycles. The number of likely N-dealkylation sites (tertiary alicyclic amines) is 1. The number of halogens is 3. The van der Waals surface area contributed by atoms with Gasteiger partial charge in [0.2, 0.25) is 0 Å². The first-order chi connectivity index (χ1) is 18.7. The molecule has 1 saturated heterocycles. The van der Waals surface area contributed by atoms with E-state index in [-0.39, 0.29) is 6.42 Å². The van der Waals surface area contributed by atoms with Gasteiger partial charge in [-0.15, -0.1) is 11.8 Å². The van der Waals surface area contributed by atoms with Crippen LogP contribution in [0, 0.1) is 17.0 Å². The highest BCUT2D eigenvalue weighted by molar-refractivity contribution is 7.99. The van der Waals surface area contributed by atoms with E-state index < -0.39 is 29.1 Å². The summed E-state index contributed by atoms with van der Waals surface area (Å²) < 4.78 is 32.6. The molecular formula is C29H33ClF2N2O4S. The lowest BCUT2D eigenvalue weighted by Gasteiger charge is -2.41. The molecule has 210 valence electrons. The lowest BCUT2D eigenvalue weighted by atomic mass is 9.71. The second-order valence-corrected chi connectivity index (χ2v) is 11.7. The number of nitrogens with zero attached hydrogens (tertiary/aromatic N) is 2. The number of carboxylic acid groups (broad SMARTS) is 1. The molecular weight excluding hydrogens is 546 g/mol. The average molecular weight is 579 g/mol. The number of pyridine rings is 1. The van der Waals surface area contributed by atoms with Crippen LogP contribution < -0.4 is 4.74 Å². The number of carboxylic acids is 1. The van der Waals surface area contributed by atoms with Crippen LogP contribution in [-0.4, -0.2) is 58.6 Å². The third kappa shape index (κ3) is 7.39. The molecule has 1 aliphatic rings. The molecule has 3 aromatic rings. The largest absolute Gasteiger partial charge is 0.497 e. The first kappa shape index (κ1) is 29.5. The zero-order chi connectivity index (χ0) is 28.0. The van der Waals surface area contributed by atoms with Crippen molar-refractivity contribution in [2.45, 2.75) is 49.5 Å². The van der Waals surface area contributed by atoms with Crippen molar-refractivity contribution in [2.24, 2.45) is 5.41 Å². The summed E-state index contributed by atoms with van der Waals surface area (Å²) in [5.41, 5.74) is 0.854. The van der Waals surface area contributed by atoms with Gasteiger partial charge in [0.15, 0.2) is 11.6 Å². The summed E-state index contributed by atoms with van der Waals surface area (Å²) in [6, 6.07) is 9.62. The zero-order valence-corrected chi connectivity index (χ0v) is 23.4. The Hall–Kier alpha value is -2.46. The first-order valence-electron chi connectivity index (χ1n) is 13.0. The minimum Gasteiger partial charge on any atom is -0.497 e. The van der Waals surface area contributed by atoms with E-state index in [1.54, 1.807) is 25.3 Å². The number of thioether (sulfide) groups is 1. The molecule has 2 N–H and O–H groups in total. The quantitative estimate of drug-likeness (QED) is 0.182. The molecule has 1 atom stereocenters. The summed E-state index contributed by atoms with van der Waals surface area (Å²) in [6.07, 6.45) is 3.84. The van der Waals surface area contributed by atoms with Crippen LogP contribution in [0.5, 0.6) is 5.75 Å². The Balaban J connectivity index is 1.35. The van der Waals surface area contributed by atoms with Gasteiger partial charge >= 0.3 is 5.97 Å². The van der Waals surface area contributed by atoms with Crippen molar-refractivity contribution in [3.8, 4) is 5.75 Å². The van der Waals surface area contributed by atoms with E-state index in [0.29, 0.717) is 63.6 Å². The van der Waals surface area contributed by atoms with E-state index >= 15 is 0 Å². The number of rotatable bonds is 12. The third-order valence-corrected chi connectivity index (χ3v) is 9.01. The van der Waals surface area contributed by atoms with Gasteiger partial charge in [-0.2, -0.15) is 0 Å². The number of aliphatic carboxylic acids is 1. The van der Waals surface area contributed by atoms with Crippen LogP contribution in [-0.2, 0) is 4.79 Å². The highest BCUT2D eigenvalue weighted by Crippen LogP contribution is 2.43. The van der Waals surface area contributed by atoms with Crippen molar-refractivity contribution in [1.29, 1.82) is 0 Å². The van der Waals surface area contributed by atoms with Gasteiger partial charge < -0.3 is 19.8 Å². The molecule has 1 aliphatic heterocycles. The number of piperidine rings is 1. The summed E-state index contributed by atoms with van der Waals surface area (Å²) in [4.78, 5) is 18.7. The Kier molecular flexibility index (Phi) is 10.0. The Morgan fingerprint density at radius 1 is 1.26 bits per heavy atom. The zero-order valence-electron chi connectivity index (χ0n) is 21.8. The minimum absolute atomic E-state index is 0.0426. The van der Waals surface area contributed by atoms with E-state index in [0.717, 1.165) is 32.1 Å². The predicted molar refractivity (Wildman–Crippen MR) is 150 cm³/mol. The fourth-order valence-corrected chi connectivity index (χ4v) is 6.54. The molecule has 0 bridgehead atoms. The molecule has 39 heavy (non-hydrogen) atoms. The van der Waals surface area contributed by atoms with Gasteiger partial charge in [-0.1, -0.05) is 17.7 Å². The lowest BCUT2D eigenvalue weighted by molar-refractivity contribution is -0.141. The molecule has 0 saturated carbocycles. The summed E-state index contributed by atoms with van der Waals surface area (Å²) in [6.45, 7) is 2.30. The molecule has 0 amide bonds. The summed E-state index contributed by atoms with van der Waals surface area (Å²) in [5.74, 6) is -1.19. The van der Waals surface area contributed by atoms with Gasteiger partial charge in [0.25, 0.3) is 0 Å². The van der Waals surface area contributed by atoms with Crippen molar-refractivity contribution in [3.63, 3.8) is 0 Å². The second-order valence-electron chi connectivity index (χ2n) is 10.1. The number of benzene rings is 2. The van der Waals surface area contributed by atoms with Crippen LogP contribution in [0.4, 0.5) is 8.78 Å². The van der Waals surface area contributed by atoms with E-state index in [4.69, 9.17) is 16.3 Å². The molecule has 10 heteroatoms. The van der Waals surface area contributed by atoms with Gasteiger partial charge in [-0.05, 0) is 93.2 Å². The van der Waals surface area contributed by atoms with Crippen LogP contribution in [0.3, 0.4) is 0 Å². The highest BCUT2D eigenvalue weighted by atomic mass is 35.5. The van der Waals surface area contributed by atoms with Crippen molar-refractivity contribution in [1.82, 2.24) is 9.88 Å². The molecule has 4 rings (SSSR count). The summed E-state index contributed by atoms with van der Waals surface area (Å²) in [7, 11) is 1.57. The number of hydrogen-bond acceptors (Lipinski definition) is 6. The van der Waals surface area contributed by atoms with Crippen molar-refractivity contribution in [2.75, 3.05) is 32.5 Å². The summed E-state index contributed by atoms with van der Waals surface area (Å²) >= 11 is 7.77. The first-order valence-corrected chi connectivity index (χ1v) is 14.4. The normalized spacial score (nSPS) is 16.3. The van der Waals surface area contributed by atoms with Crippen LogP contribution in [0.1, 0.15) is 50.2 Å². The van der Waals surface area contributed by atoms with Gasteiger partial charge in [0.1, 0.15) is 5.75 Å². The van der Waals surface area contributed by atoms with Gasteiger partial charge in [-0.25, -0.2) is 8.78 Å². The van der Waals surface area contributed by atoms with Crippen LogP contribution in [0.2, 0.25) is 5.02 Å². The molecule has 0 aliphatic carbocycles. The molecule has 1 aromatic heterocycles. The fraction of sp³-hybridized carbons (Fsp3) is 0.448. The number of fused-ring (bicyclic) bond motifs is 1. The molecule has 2 heterocycles. The third-order valence-electron chi connectivity index (χ3n) is 7.58. The van der Waals surface area contributed by atoms with E-state index in [2.05, 4.69) is 9.88 Å². The number of ether oxygens (including phenoxy) is 1. The number of hydrogen-bond donors (Lipinski definition) is 2. The van der Waals surface area contributed by atoms with Gasteiger partial charge in [0.05, 0.1) is 30.2 Å². The van der Waals surface area contributed by atoms with E-state index in [1.165, 1.54) is 24.0 Å². The molecule has 1 fully saturated rings. The highest BCUT2D eigenvalue weighted by Gasteiger charge is 2.37. The number of aromatic nitrogens is 1. The minimum atomic E-state index is -0.876. The molecule has 0 spiro atoms. The maximum Gasteiger partial charge on any atom is 0.303 e. The Morgan fingerprint density at radius 2 is 2.03 bits per heavy atom. The number of aliphatic hydroxyl groups is 1. The maximum absolute atomic E-state index is 13.9. The van der Waals surface area contributed by atoms with Crippen LogP contribution in [0.25, 0.3) is 10.9 Å². The molecule has 0 radical (unpaired) electrons. The molecule has 0 unspecified atom stereocenters. The SMILES string of the molecule is COc1ccc2ncc(Cl)c([C@H](O)CCC3(CC(=O)O)CCN(CCCSc4cccc(F)c4F)CC3)c2c1. The topological polar surface area (TPSA) is 82.9 Å².